The third kappa shape index (κ3) is 2.87. The second kappa shape index (κ2) is 5.54. The summed E-state index contributed by atoms with van der Waals surface area (Å²) in [4.78, 5) is 20.0. The number of carboxylic acids is 1. The van der Waals surface area contributed by atoms with Gasteiger partial charge in [-0.3, -0.25) is 10.1 Å². The predicted molar refractivity (Wildman–Crippen MR) is 79.4 cm³/mol. The molecular formula is C15H12ClNO4. The maximum absolute atomic E-state index is 11.2. The molecule has 6 heteroatoms. The molecule has 21 heavy (non-hydrogen) atoms. The van der Waals surface area contributed by atoms with E-state index in [2.05, 4.69) is 0 Å². The van der Waals surface area contributed by atoms with Crippen LogP contribution < -0.4 is 0 Å². The number of rotatable bonds is 4. The first kappa shape index (κ1) is 15.0. The zero-order valence-electron chi connectivity index (χ0n) is 11.1. The number of nitrogens with zero attached hydrogens (tertiary/aromatic N) is 1. The second-order valence-corrected chi connectivity index (χ2v) is 5.42. The van der Waals surface area contributed by atoms with Gasteiger partial charge >= 0.3 is 5.97 Å². The van der Waals surface area contributed by atoms with Crippen molar-refractivity contribution in [2.24, 2.45) is 0 Å². The normalized spacial score (nSPS) is 13.4. The van der Waals surface area contributed by atoms with Gasteiger partial charge in [0.05, 0.1) is 10.5 Å². The standard InChI is InChI=1S/C15H12ClNO4/c1-15(16,14(18)19)12-8-7-11(9-13(12)17(20)21)10-5-3-2-4-6-10/h2-9H,1H3,(H,18,19). The number of nitro benzene ring substituents is 1. The summed E-state index contributed by atoms with van der Waals surface area (Å²) in [5.74, 6) is -1.33. The maximum atomic E-state index is 11.2. The van der Waals surface area contributed by atoms with E-state index in [1.54, 1.807) is 6.07 Å². The number of carbonyl (C=O) groups is 1. The molecule has 0 aliphatic heterocycles. The van der Waals surface area contributed by atoms with Gasteiger partial charge < -0.3 is 5.11 Å². The summed E-state index contributed by atoms with van der Waals surface area (Å²) in [6.07, 6.45) is 0. The highest BCUT2D eigenvalue weighted by Crippen LogP contribution is 2.37. The van der Waals surface area contributed by atoms with E-state index in [1.807, 2.05) is 30.3 Å². The average molecular weight is 306 g/mol. The SMILES string of the molecule is CC(Cl)(C(=O)O)c1ccc(-c2ccccc2)cc1[N+](=O)[O-]. The Labute approximate surface area is 125 Å². The molecule has 1 atom stereocenters. The summed E-state index contributed by atoms with van der Waals surface area (Å²) in [5, 5.41) is 20.4. The van der Waals surface area contributed by atoms with Gasteiger partial charge in [0.25, 0.3) is 5.69 Å². The molecule has 0 saturated heterocycles. The van der Waals surface area contributed by atoms with Gasteiger partial charge in [-0.05, 0) is 24.1 Å². The van der Waals surface area contributed by atoms with Crippen molar-refractivity contribution < 1.29 is 14.8 Å². The van der Waals surface area contributed by atoms with Gasteiger partial charge in [-0.1, -0.05) is 36.4 Å². The minimum absolute atomic E-state index is 0.0404. The molecule has 0 aromatic heterocycles. The van der Waals surface area contributed by atoms with E-state index >= 15 is 0 Å². The van der Waals surface area contributed by atoms with Crippen LogP contribution in [0.3, 0.4) is 0 Å². The molecule has 0 radical (unpaired) electrons. The largest absolute Gasteiger partial charge is 0.480 e. The molecule has 0 bridgehead atoms. The van der Waals surface area contributed by atoms with Crippen LogP contribution in [0.2, 0.25) is 0 Å². The molecule has 108 valence electrons. The summed E-state index contributed by atoms with van der Waals surface area (Å²) in [5.41, 5.74) is 1.08. The molecule has 0 amide bonds. The maximum Gasteiger partial charge on any atom is 0.329 e. The van der Waals surface area contributed by atoms with E-state index in [9.17, 15) is 14.9 Å². The molecule has 2 rings (SSSR count). The molecule has 0 aliphatic carbocycles. The van der Waals surface area contributed by atoms with Gasteiger partial charge in [0.15, 0.2) is 4.87 Å². The van der Waals surface area contributed by atoms with Gasteiger partial charge in [-0.25, -0.2) is 4.79 Å². The van der Waals surface area contributed by atoms with Crippen molar-refractivity contribution in [2.45, 2.75) is 11.8 Å². The highest BCUT2D eigenvalue weighted by atomic mass is 35.5. The zero-order chi connectivity index (χ0) is 15.6. The lowest BCUT2D eigenvalue weighted by Crippen LogP contribution is -2.26. The van der Waals surface area contributed by atoms with Crippen molar-refractivity contribution in [3.8, 4) is 11.1 Å². The molecule has 1 unspecified atom stereocenters. The Kier molecular flexibility index (Phi) is 3.95. The fourth-order valence-electron chi connectivity index (χ4n) is 2.01. The van der Waals surface area contributed by atoms with Crippen LogP contribution in [0.5, 0.6) is 0 Å². The topological polar surface area (TPSA) is 80.4 Å². The molecule has 0 aliphatic rings. The van der Waals surface area contributed by atoms with Gasteiger partial charge in [0.1, 0.15) is 0 Å². The second-order valence-electron chi connectivity index (χ2n) is 4.66. The minimum atomic E-state index is -1.85. The van der Waals surface area contributed by atoms with Crippen molar-refractivity contribution in [1.29, 1.82) is 0 Å². The van der Waals surface area contributed by atoms with Crippen molar-refractivity contribution in [3.05, 3.63) is 64.2 Å². The lowest BCUT2D eigenvalue weighted by Gasteiger charge is -2.17. The van der Waals surface area contributed by atoms with Crippen LogP contribution in [0.4, 0.5) is 5.69 Å². The number of aliphatic carboxylic acids is 1. The number of nitro groups is 1. The third-order valence-corrected chi connectivity index (χ3v) is 3.57. The van der Waals surface area contributed by atoms with E-state index in [0.717, 1.165) is 5.56 Å². The van der Waals surface area contributed by atoms with E-state index in [0.29, 0.717) is 5.56 Å². The molecule has 0 spiro atoms. The van der Waals surface area contributed by atoms with Crippen LogP contribution in [-0.2, 0) is 9.67 Å². The van der Waals surface area contributed by atoms with E-state index in [-0.39, 0.29) is 11.3 Å². The van der Waals surface area contributed by atoms with Crippen molar-refractivity contribution in [1.82, 2.24) is 0 Å². The Morgan fingerprint density at radius 2 is 1.81 bits per heavy atom. The average Bonchev–Trinajstić information content (AvgIpc) is 2.47. The fourth-order valence-corrected chi connectivity index (χ4v) is 2.16. The van der Waals surface area contributed by atoms with E-state index in [4.69, 9.17) is 16.7 Å². The highest BCUT2D eigenvalue weighted by molar-refractivity contribution is 6.33. The number of carboxylic acid groups (broad SMARTS) is 1. The Hall–Kier alpha value is -2.40. The zero-order valence-corrected chi connectivity index (χ0v) is 11.9. The van der Waals surface area contributed by atoms with Crippen LogP contribution >= 0.6 is 11.6 Å². The fraction of sp³-hybridized carbons (Fsp3) is 0.133. The van der Waals surface area contributed by atoms with Crippen LogP contribution in [-0.4, -0.2) is 16.0 Å². The summed E-state index contributed by atoms with van der Waals surface area (Å²) >= 11 is 5.94. The van der Waals surface area contributed by atoms with E-state index in [1.165, 1.54) is 19.1 Å². The summed E-state index contributed by atoms with van der Waals surface area (Å²) in [6.45, 7) is 1.22. The highest BCUT2D eigenvalue weighted by Gasteiger charge is 2.38. The molecule has 0 fully saturated rings. The molecular weight excluding hydrogens is 294 g/mol. The molecule has 5 nitrogen and oxygen atoms in total. The Balaban J connectivity index is 2.61. The molecule has 0 saturated carbocycles. The minimum Gasteiger partial charge on any atom is -0.480 e. The molecule has 2 aromatic carbocycles. The van der Waals surface area contributed by atoms with Crippen LogP contribution in [0.1, 0.15) is 12.5 Å². The summed E-state index contributed by atoms with van der Waals surface area (Å²) in [7, 11) is 0. The number of alkyl halides is 1. The first-order chi connectivity index (χ1) is 9.84. The van der Waals surface area contributed by atoms with Crippen molar-refractivity contribution in [2.75, 3.05) is 0 Å². The summed E-state index contributed by atoms with van der Waals surface area (Å²) < 4.78 is 0. The Bertz CT molecular complexity index is 698. The first-order valence-electron chi connectivity index (χ1n) is 6.10. The molecule has 2 aromatic rings. The number of hydrogen-bond donors (Lipinski definition) is 1. The first-order valence-corrected chi connectivity index (χ1v) is 6.48. The van der Waals surface area contributed by atoms with Crippen molar-refractivity contribution >= 4 is 23.3 Å². The lowest BCUT2D eigenvalue weighted by molar-refractivity contribution is -0.385. The Morgan fingerprint density at radius 1 is 1.19 bits per heavy atom. The van der Waals surface area contributed by atoms with Gasteiger partial charge in [0, 0.05) is 6.07 Å². The van der Waals surface area contributed by atoms with E-state index < -0.39 is 15.8 Å². The lowest BCUT2D eigenvalue weighted by atomic mass is 9.95. The van der Waals surface area contributed by atoms with Crippen LogP contribution in [0.15, 0.2) is 48.5 Å². The summed E-state index contributed by atoms with van der Waals surface area (Å²) in [6, 6.07) is 13.5. The number of benzene rings is 2. The molecule has 0 heterocycles. The monoisotopic (exact) mass is 305 g/mol. The smallest absolute Gasteiger partial charge is 0.329 e. The van der Waals surface area contributed by atoms with Crippen LogP contribution in [0, 0.1) is 10.1 Å². The number of hydrogen-bond acceptors (Lipinski definition) is 3. The van der Waals surface area contributed by atoms with Gasteiger partial charge in [-0.15, -0.1) is 11.6 Å². The third-order valence-electron chi connectivity index (χ3n) is 3.21. The van der Waals surface area contributed by atoms with Gasteiger partial charge in [-0.2, -0.15) is 0 Å². The predicted octanol–water partition coefficient (Wildman–Crippen LogP) is 3.80. The van der Waals surface area contributed by atoms with Crippen LogP contribution in [0.25, 0.3) is 11.1 Å². The molecule has 1 N–H and O–H groups in total. The van der Waals surface area contributed by atoms with Gasteiger partial charge in [0.2, 0.25) is 0 Å². The van der Waals surface area contributed by atoms with Crippen molar-refractivity contribution in [3.63, 3.8) is 0 Å². The number of halogens is 1. The quantitative estimate of drug-likeness (QED) is 0.529. The Morgan fingerprint density at radius 3 is 2.33 bits per heavy atom.